The van der Waals surface area contributed by atoms with Gasteiger partial charge in [0.05, 0.1) is 18.2 Å². The monoisotopic (exact) mass is 298 g/mol. The minimum absolute atomic E-state index is 0.183. The van der Waals surface area contributed by atoms with Gasteiger partial charge < -0.3 is 9.47 Å². The average molecular weight is 298 g/mol. The molecule has 0 atom stereocenters. The summed E-state index contributed by atoms with van der Waals surface area (Å²) in [7, 11) is 1.27. The maximum atomic E-state index is 12.2. The highest BCUT2D eigenvalue weighted by Gasteiger charge is 2.18. The first-order chi connectivity index (χ1) is 10.5. The average Bonchev–Trinajstić information content (AvgIpc) is 2.54. The van der Waals surface area contributed by atoms with Gasteiger partial charge >= 0.3 is 11.9 Å². The quantitative estimate of drug-likeness (QED) is 0.636. The molecule has 4 nitrogen and oxygen atoms in total. The van der Waals surface area contributed by atoms with Crippen LogP contribution in [0.1, 0.15) is 46.0 Å². The second-order valence-electron chi connectivity index (χ2n) is 5.15. The molecule has 0 aliphatic rings. The topological polar surface area (TPSA) is 52.6 Å². The van der Waals surface area contributed by atoms with Crippen LogP contribution in [0.5, 0.6) is 5.75 Å². The van der Waals surface area contributed by atoms with E-state index in [1.54, 1.807) is 24.3 Å². The molecule has 0 aliphatic carbocycles. The third-order valence-electron chi connectivity index (χ3n) is 3.31. The Hall–Kier alpha value is -2.62. The number of carbonyl (C=O) groups is 2. The zero-order valence-electron chi connectivity index (χ0n) is 12.8. The first-order valence-corrected chi connectivity index (χ1v) is 7.02. The molecular formula is C18H18O4. The molecule has 2 aromatic rings. The Morgan fingerprint density at radius 3 is 1.91 bits per heavy atom. The minimum atomic E-state index is -0.585. The van der Waals surface area contributed by atoms with Crippen LogP contribution in [0.25, 0.3) is 0 Å². The van der Waals surface area contributed by atoms with Crippen LogP contribution in [0, 0.1) is 0 Å². The van der Waals surface area contributed by atoms with Gasteiger partial charge in [0.15, 0.2) is 0 Å². The third-order valence-corrected chi connectivity index (χ3v) is 3.31. The summed E-state index contributed by atoms with van der Waals surface area (Å²) in [6, 6.07) is 13.7. The van der Waals surface area contributed by atoms with Crippen LogP contribution in [0.2, 0.25) is 0 Å². The fourth-order valence-corrected chi connectivity index (χ4v) is 2.03. The normalized spacial score (nSPS) is 10.4. The second kappa shape index (κ2) is 6.89. The van der Waals surface area contributed by atoms with Crippen molar-refractivity contribution in [1.29, 1.82) is 0 Å². The summed E-state index contributed by atoms with van der Waals surface area (Å²) in [5.41, 5.74) is 1.53. The van der Waals surface area contributed by atoms with Crippen molar-refractivity contribution < 1.29 is 19.1 Å². The van der Waals surface area contributed by atoms with Crippen LogP contribution in [0.3, 0.4) is 0 Å². The number of methoxy groups -OCH3 is 1. The highest BCUT2D eigenvalue weighted by molar-refractivity contribution is 6.03. The van der Waals surface area contributed by atoms with Gasteiger partial charge in [-0.1, -0.05) is 38.1 Å². The zero-order valence-corrected chi connectivity index (χ0v) is 12.8. The molecular weight excluding hydrogens is 280 g/mol. The van der Waals surface area contributed by atoms with Crippen molar-refractivity contribution in [3.63, 3.8) is 0 Å². The fraction of sp³-hybridized carbons (Fsp3) is 0.222. The van der Waals surface area contributed by atoms with Crippen molar-refractivity contribution in [2.24, 2.45) is 0 Å². The van der Waals surface area contributed by atoms with Crippen LogP contribution in [0.4, 0.5) is 0 Å². The predicted octanol–water partition coefficient (Wildman–Crippen LogP) is 3.82. The lowest BCUT2D eigenvalue weighted by atomic mass is 10.0. The summed E-state index contributed by atoms with van der Waals surface area (Å²) >= 11 is 0. The van der Waals surface area contributed by atoms with E-state index in [1.807, 2.05) is 12.1 Å². The lowest BCUT2D eigenvalue weighted by Crippen LogP contribution is -2.15. The van der Waals surface area contributed by atoms with Gasteiger partial charge in [-0.3, -0.25) is 0 Å². The van der Waals surface area contributed by atoms with Crippen molar-refractivity contribution >= 4 is 11.9 Å². The molecule has 0 saturated carbocycles. The molecule has 0 saturated heterocycles. The smallest absolute Gasteiger partial charge is 0.344 e. The van der Waals surface area contributed by atoms with Gasteiger partial charge in [-0.05, 0) is 35.7 Å². The minimum Gasteiger partial charge on any atom is -0.465 e. The van der Waals surface area contributed by atoms with Crippen LogP contribution >= 0.6 is 0 Å². The maximum absolute atomic E-state index is 12.2. The largest absolute Gasteiger partial charge is 0.465 e. The second-order valence-corrected chi connectivity index (χ2v) is 5.15. The van der Waals surface area contributed by atoms with E-state index in [4.69, 9.17) is 4.74 Å². The van der Waals surface area contributed by atoms with Gasteiger partial charge in [0.25, 0.3) is 0 Å². The number of hydrogen-bond donors (Lipinski definition) is 0. The number of ether oxygens (including phenoxy) is 2. The number of benzene rings is 2. The molecule has 0 aromatic heterocycles. The molecule has 0 radical (unpaired) electrons. The number of esters is 2. The van der Waals surface area contributed by atoms with Gasteiger partial charge in [0.2, 0.25) is 0 Å². The molecule has 0 fully saturated rings. The third kappa shape index (κ3) is 3.52. The summed E-state index contributed by atoms with van der Waals surface area (Å²) in [4.78, 5) is 23.9. The van der Waals surface area contributed by atoms with Gasteiger partial charge in [0, 0.05) is 0 Å². The Balaban J connectivity index is 2.21. The van der Waals surface area contributed by atoms with Gasteiger partial charge in [0.1, 0.15) is 5.75 Å². The zero-order chi connectivity index (χ0) is 16.1. The molecule has 2 rings (SSSR count). The molecule has 0 spiro atoms. The summed E-state index contributed by atoms with van der Waals surface area (Å²) in [6.45, 7) is 4.18. The van der Waals surface area contributed by atoms with Crippen LogP contribution < -0.4 is 4.74 Å². The molecule has 0 bridgehead atoms. The molecule has 0 N–H and O–H groups in total. The highest BCUT2D eigenvalue weighted by Crippen LogP contribution is 2.20. The molecule has 0 heterocycles. The van der Waals surface area contributed by atoms with E-state index in [1.165, 1.54) is 19.2 Å². The lowest BCUT2D eigenvalue weighted by Gasteiger charge is -2.09. The Morgan fingerprint density at radius 2 is 1.41 bits per heavy atom. The summed E-state index contributed by atoms with van der Waals surface area (Å²) in [5, 5.41) is 0. The molecule has 0 aliphatic heterocycles. The van der Waals surface area contributed by atoms with Crippen molar-refractivity contribution in [2.45, 2.75) is 19.8 Å². The molecule has 2 aromatic carbocycles. The van der Waals surface area contributed by atoms with E-state index < -0.39 is 11.9 Å². The molecule has 0 amide bonds. The van der Waals surface area contributed by atoms with E-state index >= 15 is 0 Å². The van der Waals surface area contributed by atoms with Gasteiger partial charge in [-0.25, -0.2) is 9.59 Å². The van der Waals surface area contributed by atoms with E-state index in [-0.39, 0.29) is 11.1 Å². The molecule has 114 valence electrons. The molecule has 0 unspecified atom stereocenters. The summed E-state index contributed by atoms with van der Waals surface area (Å²) in [5.74, 6) is -0.306. The standard InChI is InChI=1S/C18H18O4/c1-12(2)13-8-10-14(11-9-13)22-18(20)16-7-5-4-6-15(16)17(19)21-3/h4-12H,1-3H3. The first kappa shape index (κ1) is 15.8. The van der Waals surface area contributed by atoms with Crippen LogP contribution in [-0.4, -0.2) is 19.0 Å². The molecule has 4 heteroatoms. The van der Waals surface area contributed by atoms with E-state index in [0.29, 0.717) is 11.7 Å². The van der Waals surface area contributed by atoms with Crippen molar-refractivity contribution in [3.05, 3.63) is 65.2 Å². The van der Waals surface area contributed by atoms with E-state index in [9.17, 15) is 9.59 Å². The van der Waals surface area contributed by atoms with Crippen molar-refractivity contribution in [3.8, 4) is 5.75 Å². The number of carbonyl (C=O) groups excluding carboxylic acids is 2. The van der Waals surface area contributed by atoms with Crippen LogP contribution in [-0.2, 0) is 4.74 Å². The Bertz CT molecular complexity index is 672. The lowest BCUT2D eigenvalue weighted by molar-refractivity contribution is 0.0587. The maximum Gasteiger partial charge on any atom is 0.344 e. The molecule has 22 heavy (non-hydrogen) atoms. The van der Waals surface area contributed by atoms with Crippen molar-refractivity contribution in [2.75, 3.05) is 7.11 Å². The number of hydrogen-bond acceptors (Lipinski definition) is 4. The van der Waals surface area contributed by atoms with E-state index in [0.717, 1.165) is 5.56 Å². The van der Waals surface area contributed by atoms with Gasteiger partial charge in [-0.2, -0.15) is 0 Å². The fourth-order valence-electron chi connectivity index (χ4n) is 2.03. The van der Waals surface area contributed by atoms with Crippen LogP contribution in [0.15, 0.2) is 48.5 Å². The first-order valence-electron chi connectivity index (χ1n) is 7.02. The Morgan fingerprint density at radius 1 is 0.864 bits per heavy atom. The summed E-state index contributed by atoms with van der Waals surface area (Å²) in [6.07, 6.45) is 0. The Kier molecular flexibility index (Phi) is 4.94. The van der Waals surface area contributed by atoms with Gasteiger partial charge in [-0.15, -0.1) is 0 Å². The highest BCUT2D eigenvalue weighted by atomic mass is 16.5. The van der Waals surface area contributed by atoms with Crippen molar-refractivity contribution in [1.82, 2.24) is 0 Å². The Labute approximate surface area is 129 Å². The van der Waals surface area contributed by atoms with E-state index in [2.05, 4.69) is 18.6 Å². The number of rotatable bonds is 4. The SMILES string of the molecule is COC(=O)c1ccccc1C(=O)Oc1ccc(C(C)C)cc1. The predicted molar refractivity (Wildman–Crippen MR) is 83.3 cm³/mol. The summed E-state index contributed by atoms with van der Waals surface area (Å²) < 4.78 is 10.00.